The van der Waals surface area contributed by atoms with Crippen LogP contribution in [0.4, 0.5) is 0 Å². The van der Waals surface area contributed by atoms with Crippen LogP contribution < -0.4 is 10.1 Å². The van der Waals surface area contributed by atoms with Crippen molar-refractivity contribution in [2.24, 2.45) is 11.8 Å². The maximum absolute atomic E-state index is 12.7. The Bertz CT molecular complexity index is 591. The number of benzene rings is 1. The van der Waals surface area contributed by atoms with Gasteiger partial charge in [-0.25, -0.2) is 8.42 Å². The van der Waals surface area contributed by atoms with Gasteiger partial charge < -0.3 is 10.1 Å². The summed E-state index contributed by atoms with van der Waals surface area (Å²) in [5, 5.41) is 3.17. The second-order valence-corrected chi connectivity index (χ2v) is 8.85. The van der Waals surface area contributed by atoms with Gasteiger partial charge in [-0.3, -0.25) is 0 Å². The number of hydrogen-bond donors (Lipinski definition) is 1. The van der Waals surface area contributed by atoms with Crippen LogP contribution in [-0.4, -0.2) is 46.0 Å². The summed E-state index contributed by atoms with van der Waals surface area (Å²) in [4.78, 5) is 0.353. The Hall–Kier alpha value is -1.11. The summed E-state index contributed by atoms with van der Waals surface area (Å²) in [6.45, 7) is 7.11. The molecule has 1 heterocycles. The second kappa shape index (κ2) is 8.83. The van der Waals surface area contributed by atoms with Crippen LogP contribution in [0.5, 0.6) is 5.75 Å². The fraction of sp³-hybridized carbons (Fsp3) is 0.667. The van der Waals surface area contributed by atoms with Crippen molar-refractivity contribution in [3.8, 4) is 5.75 Å². The van der Waals surface area contributed by atoms with Gasteiger partial charge in [0.05, 0.1) is 11.5 Å². The second-order valence-electron chi connectivity index (χ2n) is 6.91. The molecule has 1 aliphatic rings. The first-order valence-corrected chi connectivity index (χ1v) is 10.2. The molecule has 0 unspecified atom stereocenters. The van der Waals surface area contributed by atoms with Crippen LogP contribution in [0.1, 0.15) is 33.1 Å². The zero-order valence-electron chi connectivity index (χ0n) is 15.0. The van der Waals surface area contributed by atoms with Crippen LogP contribution in [0.25, 0.3) is 0 Å². The van der Waals surface area contributed by atoms with Gasteiger partial charge >= 0.3 is 0 Å². The highest BCUT2D eigenvalue weighted by molar-refractivity contribution is 7.89. The Balaban J connectivity index is 1.94. The number of ether oxygens (including phenoxy) is 1. The van der Waals surface area contributed by atoms with Crippen LogP contribution in [0, 0.1) is 11.8 Å². The van der Waals surface area contributed by atoms with E-state index >= 15 is 0 Å². The largest absolute Gasteiger partial charge is 0.494 e. The highest BCUT2D eigenvalue weighted by atomic mass is 32.2. The summed E-state index contributed by atoms with van der Waals surface area (Å²) in [6.07, 6.45) is 2.81. The molecule has 24 heavy (non-hydrogen) atoms. The van der Waals surface area contributed by atoms with Crippen LogP contribution in [0.15, 0.2) is 29.2 Å². The van der Waals surface area contributed by atoms with Crippen molar-refractivity contribution in [2.75, 3.05) is 33.3 Å². The summed E-state index contributed by atoms with van der Waals surface area (Å²) < 4.78 is 32.7. The van der Waals surface area contributed by atoms with Crippen molar-refractivity contribution >= 4 is 10.0 Å². The number of piperidine rings is 1. The third-order valence-electron chi connectivity index (χ3n) is 4.49. The molecule has 1 fully saturated rings. The lowest BCUT2D eigenvalue weighted by Crippen LogP contribution is -2.40. The fourth-order valence-corrected chi connectivity index (χ4v) is 4.38. The molecule has 1 aromatic carbocycles. The van der Waals surface area contributed by atoms with Gasteiger partial charge in [0.25, 0.3) is 0 Å². The molecular formula is C18H30N2O3S. The first-order chi connectivity index (χ1) is 11.4. The summed E-state index contributed by atoms with van der Waals surface area (Å²) in [5.41, 5.74) is 0. The van der Waals surface area contributed by atoms with Crippen molar-refractivity contribution < 1.29 is 13.2 Å². The third-order valence-corrected chi connectivity index (χ3v) is 6.40. The molecule has 6 heteroatoms. The SMILES string of the molecule is CNCC1CCN(S(=O)(=O)c2ccc(OCCC(C)C)cc2)CC1. The maximum Gasteiger partial charge on any atom is 0.243 e. The minimum Gasteiger partial charge on any atom is -0.494 e. The van der Waals surface area contributed by atoms with Gasteiger partial charge in [-0.2, -0.15) is 4.31 Å². The fourth-order valence-electron chi connectivity index (χ4n) is 2.91. The average molecular weight is 355 g/mol. The molecule has 1 N–H and O–H groups in total. The number of nitrogens with zero attached hydrogens (tertiary/aromatic N) is 1. The summed E-state index contributed by atoms with van der Waals surface area (Å²) in [5.74, 6) is 1.89. The van der Waals surface area contributed by atoms with Crippen molar-refractivity contribution in [1.29, 1.82) is 0 Å². The molecule has 136 valence electrons. The first kappa shape index (κ1) is 19.2. The van der Waals surface area contributed by atoms with Gasteiger partial charge in [-0.15, -0.1) is 0 Å². The number of nitrogens with one attached hydrogen (secondary N) is 1. The van der Waals surface area contributed by atoms with Crippen LogP contribution in [0.2, 0.25) is 0 Å². The zero-order valence-corrected chi connectivity index (χ0v) is 15.8. The van der Waals surface area contributed by atoms with E-state index in [0.717, 1.165) is 31.6 Å². The molecule has 0 spiro atoms. The molecule has 0 aromatic heterocycles. The molecule has 0 amide bonds. The van der Waals surface area contributed by atoms with Crippen LogP contribution >= 0.6 is 0 Å². The van der Waals surface area contributed by atoms with Crippen LogP contribution in [0.3, 0.4) is 0 Å². The Morgan fingerprint density at radius 1 is 1.21 bits per heavy atom. The van der Waals surface area contributed by atoms with Gasteiger partial charge in [0.1, 0.15) is 5.75 Å². The van der Waals surface area contributed by atoms with E-state index in [2.05, 4.69) is 19.2 Å². The monoisotopic (exact) mass is 354 g/mol. The molecule has 1 aliphatic heterocycles. The van der Waals surface area contributed by atoms with E-state index < -0.39 is 10.0 Å². The van der Waals surface area contributed by atoms with Gasteiger partial charge in [-0.05, 0) is 69.0 Å². The van der Waals surface area contributed by atoms with Crippen molar-refractivity contribution in [3.05, 3.63) is 24.3 Å². The van der Waals surface area contributed by atoms with E-state index in [1.54, 1.807) is 28.6 Å². The predicted molar refractivity (Wildman–Crippen MR) is 96.8 cm³/mol. The normalized spacial score (nSPS) is 17.3. The molecule has 0 radical (unpaired) electrons. The molecular weight excluding hydrogens is 324 g/mol. The number of hydrogen-bond acceptors (Lipinski definition) is 4. The van der Waals surface area contributed by atoms with Crippen LogP contribution in [-0.2, 0) is 10.0 Å². The molecule has 0 aliphatic carbocycles. The highest BCUT2D eigenvalue weighted by Crippen LogP contribution is 2.25. The Morgan fingerprint density at radius 3 is 2.38 bits per heavy atom. The summed E-state index contributed by atoms with van der Waals surface area (Å²) in [6, 6.07) is 6.81. The topological polar surface area (TPSA) is 58.6 Å². The Labute approximate surface area is 146 Å². The average Bonchev–Trinajstić information content (AvgIpc) is 2.56. The minimum atomic E-state index is -3.39. The third kappa shape index (κ3) is 5.19. The first-order valence-electron chi connectivity index (χ1n) is 8.81. The van der Waals surface area contributed by atoms with Crippen molar-refractivity contribution in [3.63, 3.8) is 0 Å². The Kier molecular flexibility index (Phi) is 7.07. The maximum atomic E-state index is 12.7. The van der Waals surface area contributed by atoms with E-state index in [1.807, 2.05) is 7.05 Å². The standard InChI is InChI=1S/C18H30N2O3S/c1-15(2)10-13-23-17-4-6-18(7-5-17)24(21,22)20-11-8-16(9-12-20)14-19-3/h4-7,15-16,19H,8-14H2,1-3H3. The lowest BCUT2D eigenvalue weighted by molar-refractivity contribution is 0.270. The van der Waals surface area contributed by atoms with Crippen molar-refractivity contribution in [2.45, 2.75) is 38.0 Å². The lowest BCUT2D eigenvalue weighted by atomic mass is 9.98. The van der Waals surface area contributed by atoms with E-state index in [9.17, 15) is 8.42 Å². The number of rotatable bonds is 8. The summed E-state index contributed by atoms with van der Waals surface area (Å²) in [7, 11) is -1.46. The molecule has 5 nitrogen and oxygen atoms in total. The highest BCUT2D eigenvalue weighted by Gasteiger charge is 2.29. The van der Waals surface area contributed by atoms with E-state index in [4.69, 9.17) is 4.74 Å². The molecule has 0 bridgehead atoms. The lowest BCUT2D eigenvalue weighted by Gasteiger charge is -2.31. The molecule has 1 aromatic rings. The molecule has 0 atom stereocenters. The van der Waals surface area contributed by atoms with Crippen molar-refractivity contribution in [1.82, 2.24) is 9.62 Å². The predicted octanol–water partition coefficient (Wildman–Crippen LogP) is 2.73. The van der Waals surface area contributed by atoms with Gasteiger partial charge in [0, 0.05) is 13.1 Å². The Morgan fingerprint density at radius 2 is 1.83 bits per heavy atom. The van der Waals surface area contributed by atoms with E-state index in [-0.39, 0.29) is 0 Å². The number of sulfonamides is 1. The van der Waals surface area contributed by atoms with Gasteiger partial charge in [0.2, 0.25) is 10.0 Å². The minimum absolute atomic E-state index is 0.353. The zero-order chi connectivity index (χ0) is 17.6. The van der Waals surface area contributed by atoms with Gasteiger partial charge in [-0.1, -0.05) is 13.8 Å². The van der Waals surface area contributed by atoms with E-state index in [0.29, 0.717) is 36.4 Å². The molecule has 1 saturated heterocycles. The van der Waals surface area contributed by atoms with E-state index in [1.165, 1.54) is 0 Å². The smallest absolute Gasteiger partial charge is 0.243 e. The molecule has 2 rings (SSSR count). The molecule has 0 saturated carbocycles. The van der Waals surface area contributed by atoms with Gasteiger partial charge in [0.15, 0.2) is 0 Å². The quantitative estimate of drug-likeness (QED) is 0.780. The summed E-state index contributed by atoms with van der Waals surface area (Å²) >= 11 is 0.